The molecule has 4 rings (SSSR count). The van der Waals surface area contributed by atoms with Gasteiger partial charge >= 0.3 is 0 Å². The monoisotopic (exact) mass is 569 g/mol. The highest BCUT2D eigenvalue weighted by atomic mass is 16.5. The van der Waals surface area contributed by atoms with Crippen LogP contribution in [-0.4, -0.2) is 57.2 Å². The molecule has 10 nitrogen and oxygen atoms in total. The molecular formula is C32H39N7O3. The number of aromatic nitrogens is 3. The molecule has 2 amide bonds. The SMILES string of the molecule is C=C/N=C(\C=C(/C)CCC)NC(=O)c1ccc(-c2nc([C@@H]3CCCN3C(=O)/C=C/COC)n3ccnc(N)c23)c(C)c1. The molecule has 0 spiro atoms. The molecule has 1 aliphatic heterocycles. The first-order chi connectivity index (χ1) is 20.3. The fraction of sp³-hybridized carbons (Fsp3) is 0.344. The molecule has 3 N–H and O–H groups in total. The van der Waals surface area contributed by atoms with Crippen LogP contribution < -0.4 is 11.1 Å². The quantitative estimate of drug-likeness (QED) is 0.197. The van der Waals surface area contributed by atoms with Gasteiger partial charge in [-0.2, -0.15) is 0 Å². The highest BCUT2D eigenvalue weighted by Crippen LogP contribution is 2.37. The zero-order valence-corrected chi connectivity index (χ0v) is 24.8. The number of allylic oxidation sites excluding steroid dienone is 1. The molecule has 0 unspecified atom stereocenters. The Balaban J connectivity index is 1.69. The van der Waals surface area contributed by atoms with Gasteiger partial charge in [0.05, 0.1) is 12.6 Å². The fourth-order valence-electron chi connectivity index (χ4n) is 5.31. The second-order valence-electron chi connectivity index (χ2n) is 10.3. The number of rotatable bonds is 10. The van der Waals surface area contributed by atoms with Crippen molar-refractivity contribution in [3.05, 3.63) is 84.1 Å². The van der Waals surface area contributed by atoms with Crippen LogP contribution in [0.15, 0.2) is 72.2 Å². The van der Waals surface area contributed by atoms with Gasteiger partial charge in [-0.25, -0.2) is 15.0 Å². The van der Waals surface area contributed by atoms with Crippen LogP contribution in [0.3, 0.4) is 0 Å². The van der Waals surface area contributed by atoms with Gasteiger partial charge in [-0.15, -0.1) is 0 Å². The van der Waals surface area contributed by atoms with Crippen molar-refractivity contribution < 1.29 is 14.3 Å². The average molecular weight is 570 g/mol. The standard InChI is InChI=1S/C32H39N7O3/c1-6-10-21(3)19-26(34-7-2)36-32(41)23-13-14-24(22(4)20-23)28-29-30(33)35-15-17-39(29)31(37-28)25-11-8-16-38(25)27(40)12-9-18-42-5/h7,9,12-15,17,19-20,25H,2,6,8,10-11,16,18H2,1,3-5H3,(H2,33,35)(H,34,36,41)/b12-9+,21-19+/t25-/m0/s1. The van der Waals surface area contributed by atoms with Gasteiger partial charge in [0.2, 0.25) is 5.91 Å². The van der Waals surface area contributed by atoms with Crippen molar-refractivity contribution in [2.75, 3.05) is 26.0 Å². The third-order valence-electron chi connectivity index (χ3n) is 7.21. The van der Waals surface area contributed by atoms with Gasteiger partial charge in [0.15, 0.2) is 0 Å². The first-order valence-corrected chi connectivity index (χ1v) is 14.2. The topological polar surface area (TPSA) is 127 Å². The van der Waals surface area contributed by atoms with E-state index in [1.165, 1.54) is 6.20 Å². The third-order valence-corrected chi connectivity index (χ3v) is 7.21. The van der Waals surface area contributed by atoms with Crippen LogP contribution in [0.1, 0.15) is 67.3 Å². The number of likely N-dealkylation sites (tertiary alicyclic amines) is 1. The molecule has 1 atom stereocenters. The molecule has 0 bridgehead atoms. The Morgan fingerprint density at radius 3 is 2.86 bits per heavy atom. The van der Waals surface area contributed by atoms with E-state index in [9.17, 15) is 9.59 Å². The zero-order chi connectivity index (χ0) is 30.2. The molecular weight excluding hydrogens is 530 g/mol. The number of nitrogen functional groups attached to an aromatic ring is 1. The number of nitrogens with zero attached hydrogens (tertiary/aromatic N) is 5. The predicted octanol–water partition coefficient (Wildman–Crippen LogP) is 5.17. The Labute approximate surface area is 246 Å². The lowest BCUT2D eigenvalue weighted by atomic mass is 10.0. The van der Waals surface area contributed by atoms with E-state index in [-0.39, 0.29) is 17.9 Å². The molecule has 1 aliphatic rings. The van der Waals surface area contributed by atoms with Gasteiger partial charge in [0.1, 0.15) is 28.7 Å². The number of amidine groups is 1. The molecule has 220 valence electrons. The molecule has 0 aliphatic carbocycles. The van der Waals surface area contributed by atoms with Crippen molar-refractivity contribution in [1.29, 1.82) is 0 Å². The second-order valence-corrected chi connectivity index (χ2v) is 10.3. The third kappa shape index (κ3) is 6.66. The number of anilines is 1. The molecule has 2 aromatic heterocycles. The van der Waals surface area contributed by atoms with Crippen molar-refractivity contribution in [1.82, 2.24) is 24.6 Å². The van der Waals surface area contributed by atoms with E-state index < -0.39 is 0 Å². The van der Waals surface area contributed by atoms with Gasteiger partial charge in [-0.05, 0) is 56.9 Å². The Morgan fingerprint density at radius 1 is 1.33 bits per heavy atom. The number of methoxy groups -OCH3 is 1. The zero-order valence-electron chi connectivity index (χ0n) is 24.8. The number of aliphatic imine (C=N–C) groups is 1. The summed E-state index contributed by atoms with van der Waals surface area (Å²) in [7, 11) is 1.59. The fourth-order valence-corrected chi connectivity index (χ4v) is 5.31. The van der Waals surface area contributed by atoms with Crippen molar-refractivity contribution in [3.63, 3.8) is 0 Å². The highest BCUT2D eigenvalue weighted by molar-refractivity contribution is 6.10. The predicted molar refractivity (Wildman–Crippen MR) is 166 cm³/mol. The minimum atomic E-state index is -0.274. The van der Waals surface area contributed by atoms with Crippen LogP contribution in [0.5, 0.6) is 0 Å². The molecule has 1 aromatic carbocycles. The largest absolute Gasteiger partial charge is 0.382 e. The summed E-state index contributed by atoms with van der Waals surface area (Å²) in [5, 5.41) is 2.89. The number of carbonyl (C=O) groups is 2. The van der Waals surface area contributed by atoms with Gasteiger partial charge < -0.3 is 20.7 Å². The summed E-state index contributed by atoms with van der Waals surface area (Å²) in [6.07, 6.45) is 13.6. The summed E-state index contributed by atoms with van der Waals surface area (Å²) in [6.45, 7) is 10.7. The van der Waals surface area contributed by atoms with Crippen LogP contribution in [0.4, 0.5) is 5.82 Å². The van der Waals surface area contributed by atoms with Gasteiger partial charge in [0, 0.05) is 49.5 Å². The van der Waals surface area contributed by atoms with Crippen molar-refractivity contribution in [2.45, 2.75) is 52.5 Å². The van der Waals surface area contributed by atoms with E-state index in [0.717, 1.165) is 48.2 Å². The number of ether oxygens (including phenoxy) is 1. The number of carbonyl (C=O) groups excluding carboxylic acids is 2. The first-order valence-electron chi connectivity index (χ1n) is 14.2. The van der Waals surface area contributed by atoms with Crippen LogP contribution in [0.25, 0.3) is 16.8 Å². The molecule has 1 saturated heterocycles. The van der Waals surface area contributed by atoms with Crippen molar-refractivity contribution in [2.24, 2.45) is 4.99 Å². The number of nitrogens with one attached hydrogen (secondary N) is 1. The molecule has 0 saturated carbocycles. The number of hydrogen-bond acceptors (Lipinski definition) is 7. The number of aryl methyl sites for hydroxylation is 1. The molecule has 3 aromatic rings. The number of nitrogens with two attached hydrogens (primary N) is 1. The van der Waals surface area contributed by atoms with Crippen LogP contribution >= 0.6 is 0 Å². The summed E-state index contributed by atoms with van der Waals surface area (Å²) in [6, 6.07) is 5.23. The molecule has 0 radical (unpaired) electrons. The number of fused-ring (bicyclic) bond motifs is 1. The van der Waals surface area contributed by atoms with E-state index in [1.54, 1.807) is 31.5 Å². The smallest absolute Gasteiger partial charge is 0.256 e. The highest BCUT2D eigenvalue weighted by Gasteiger charge is 2.33. The van der Waals surface area contributed by atoms with E-state index in [2.05, 4.69) is 28.8 Å². The van der Waals surface area contributed by atoms with E-state index >= 15 is 0 Å². The van der Waals surface area contributed by atoms with Gasteiger partial charge in [0.25, 0.3) is 5.91 Å². The summed E-state index contributed by atoms with van der Waals surface area (Å²) in [5.74, 6) is 1.15. The van der Waals surface area contributed by atoms with Crippen LogP contribution in [0, 0.1) is 6.92 Å². The number of amides is 2. The van der Waals surface area contributed by atoms with Gasteiger partial charge in [-0.1, -0.05) is 37.6 Å². The number of benzene rings is 1. The Hall–Kier alpha value is -4.57. The van der Waals surface area contributed by atoms with Crippen molar-refractivity contribution in [3.8, 4) is 11.3 Å². The average Bonchev–Trinajstić information content (AvgIpc) is 3.59. The Morgan fingerprint density at radius 2 is 2.14 bits per heavy atom. The Kier molecular flexibility index (Phi) is 10.0. The summed E-state index contributed by atoms with van der Waals surface area (Å²) in [4.78, 5) is 41.6. The lowest BCUT2D eigenvalue weighted by Gasteiger charge is -2.22. The number of imidazole rings is 1. The van der Waals surface area contributed by atoms with E-state index in [1.807, 2.05) is 47.6 Å². The molecule has 3 heterocycles. The van der Waals surface area contributed by atoms with Crippen LogP contribution in [-0.2, 0) is 9.53 Å². The molecule has 1 fully saturated rings. The maximum absolute atomic E-state index is 13.2. The number of hydrogen-bond donors (Lipinski definition) is 2. The normalized spacial score (nSPS) is 16.0. The van der Waals surface area contributed by atoms with Gasteiger partial charge in [-0.3, -0.25) is 14.0 Å². The Bertz CT molecular complexity index is 1570. The summed E-state index contributed by atoms with van der Waals surface area (Å²) in [5.41, 5.74) is 11.0. The minimum Gasteiger partial charge on any atom is -0.382 e. The minimum absolute atomic E-state index is 0.0829. The van der Waals surface area contributed by atoms with Crippen molar-refractivity contribution >= 4 is 29.0 Å². The van der Waals surface area contributed by atoms with E-state index in [4.69, 9.17) is 15.5 Å². The second kappa shape index (κ2) is 13.9. The lowest BCUT2D eigenvalue weighted by Crippen LogP contribution is -2.30. The summed E-state index contributed by atoms with van der Waals surface area (Å²) < 4.78 is 6.97. The maximum atomic E-state index is 13.2. The maximum Gasteiger partial charge on any atom is 0.256 e. The molecule has 10 heteroatoms. The summed E-state index contributed by atoms with van der Waals surface area (Å²) >= 11 is 0. The molecule has 42 heavy (non-hydrogen) atoms. The lowest BCUT2D eigenvalue weighted by molar-refractivity contribution is -0.127. The van der Waals surface area contributed by atoms with Crippen LogP contribution in [0.2, 0.25) is 0 Å². The first kappa shape index (κ1) is 30.4. The van der Waals surface area contributed by atoms with E-state index in [0.29, 0.717) is 41.6 Å².